The SMILES string of the molecule is CCCN(C)C1CCCCCC1N. The van der Waals surface area contributed by atoms with Crippen LogP contribution in [0.2, 0.25) is 0 Å². The van der Waals surface area contributed by atoms with E-state index in [-0.39, 0.29) is 0 Å². The van der Waals surface area contributed by atoms with Gasteiger partial charge in [0.25, 0.3) is 0 Å². The van der Waals surface area contributed by atoms with Gasteiger partial charge in [-0.05, 0) is 32.9 Å². The van der Waals surface area contributed by atoms with Crippen LogP contribution in [0.15, 0.2) is 0 Å². The second kappa shape index (κ2) is 5.61. The standard InChI is InChI=1S/C11H24N2/c1-3-9-13(2)11-8-6-4-5-7-10(11)12/h10-11H,3-9,12H2,1-2H3. The van der Waals surface area contributed by atoms with Gasteiger partial charge in [-0.15, -0.1) is 0 Å². The maximum atomic E-state index is 6.17. The largest absolute Gasteiger partial charge is 0.326 e. The Labute approximate surface area is 82.5 Å². The van der Waals surface area contributed by atoms with Crippen molar-refractivity contribution in [2.75, 3.05) is 13.6 Å². The number of rotatable bonds is 3. The molecule has 0 radical (unpaired) electrons. The summed E-state index contributed by atoms with van der Waals surface area (Å²) in [6.07, 6.45) is 7.84. The van der Waals surface area contributed by atoms with E-state index >= 15 is 0 Å². The predicted molar refractivity (Wildman–Crippen MR) is 57.8 cm³/mol. The molecule has 1 aliphatic carbocycles. The van der Waals surface area contributed by atoms with Crippen LogP contribution in [-0.2, 0) is 0 Å². The van der Waals surface area contributed by atoms with Crippen molar-refractivity contribution in [3.63, 3.8) is 0 Å². The van der Waals surface area contributed by atoms with Crippen LogP contribution in [0.1, 0.15) is 45.4 Å². The Bertz CT molecular complexity index is 136. The van der Waals surface area contributed by atoms with E-state index in [0.717, 1.165) is 0 Å². The quantitative estimate of drug-likeness (QED) is 0.680. The van der Waals surface area contributed by atoms with Crippen molar-refractivity contribution in [2.24, 2.45) is 5.73 Å². The van der Waals surface area contributed by atoms with Gasteiger partial charge in [-0.25, -0.2) is 0 Å². The van der Waals surface area contributed by atoms with Crippen LogP contribution in [0, 0.1) is 0 Å². The molecule has 0 aromatic heterocycles. The number of likely N-dealkylation sites (N-methyl/N-ethyl adjacent to an activating group) is 1. The lowest BCUT2D eigenvalue weighted by Crippen LogP contribution is -2.45. The molecule has 0 aromatic rings. The predicted octanol–water partition coefficient (Wildman–Crippen LogP) is 1.99. The summed E-state index contributed by atoms with van der Waals surface area (Å²) in [5, 5.41) is 0. The fraction of sp³-hybridized carbons (Fsp3) is 1.00. The lowest BCUT2D eigenvalue weighted by molar-refractivity contribution is 0.201. The topological polar surface area (TPSA) is 29.3 Å². The van der Waals surface area contributed by atoms with Gasteiger partial charge in [0, 0.05) is 12.1 Å². The second-order valence-corrected chi connectivity index (χ2v) is 4.35. The van der Waals surface area contributed by atoms with Crippen molar-refractivity contribution in [3.8, 4) is 0 Å². The molecule has 78 valence electrons. The van der Waals surface area contributed by atoms with E-state index in [1.807, 2.05) is 0 Å². The molecule has 1 saturated carbocycles. The van der Waals surface area contributed by atoms with Gasteiger partial charge in [-0.3, -0.25) is 0 Å². The van der Waals surface area contributed by atoms with Gasteiger partial charge in [-0.2, -0.15) is 0 Å². The smallest absolute Gasteiger partial charge is 0.0244 e. The van der Waals surface area contributed by atoms with Gasteiger partial charge >= 0.3 is 0 Å². The Morgan fingerprint density at radius 3 is 2.62 bits per heavy atom. The molecule has 1 aliphatic rings. The van der Waals surface area contributed by atoms with E-state index in [4.69, 9.17) is 5.73 Å². The fourth-order valence-electron chi connectivity index (χ4n) is 2.38. The second-order valence-electron chi connectivity index (χ2n) is 4.35. The molecule has 2 N–H and O–H groups in total. The van der Waals surface area contributed by atoms with Crippen LogP contribution in [0.25, 0.3) is 0 Å². The first-order valence-electron chi connectivity index (χ1n) is 5.71. The highest BCUT2D eigenvalue weighted by Gasteiger charge is 2.23. The Hall–Kier alpha value is -0.0800. The molecule has 0 bridgehead atoms. The molecule has 2 nitrogen and oxygen atoms in total. The lowest BCUT2D eigenvalue weighted by Gasteiger charge is -2.31. The number of hydrogen-bond donors (Lipinski definition) is 1. The third-order valence-corrected chi connectivity index (χ3v) is 3.17. The number of hydrogen-bond acceptors (Lipinski definition) is 2. The third kappa shape index (κ3) is 3.28. The minimum absolute atomic E-state index is 0.416. The van der Waals surface area contributed by atoms with E-state index < -0.39 is 0 Å². The molecule has 0 aliphatic heterocycles. The van der Waals surface area contributed by atoms with Crippen LogP contribution in [0.4, 0.5) is 0 Å². The normalized spacial score (nSPS) is 30.5. The van der Waals surface area contributed by atoms with Crippen molar-refractivity contribution >= 4 is 0 Å². The molecule has 2 heteroatoms. The first-order valence-corrected chi connectivity index (χ1v) is 5.71. The van der Waals surface area contributed by atoms with Crippen molar-refractivity contribution < 1.29 is 0 Å². The maximum Gasteiger partial charge on any atom is 0.0244 e. The Balaban J connectivity index is 2.43. The highest BCUT2D eigenvalue weighted by atomic mass is 15.1. The Kier molecular flexibility index (Phi) is 4.74. The summed E-state index contributed by atoms with van der Waals surface area (Å²) in [6.45, 7) is 3.43. The van der Waals surface area contributed by atoms with Crippen LogP contribution in [0.3, 0.4) is 0 Å². The highest BCUT2D eigenvalue weighted by Crippen LogP contribution is 2.20. The van der Waals surface area contributed by atoms with E-state index in [9.17, 15) is 0 Å². The summed E-state index contributed by atoms with van der Waals surface area (Å²) >= 11 is 0. The molecular formula is C11H24N2. The summed E-state index contributed by atoms with van der Waals surface area (Å²) in [6, 6.07) is 1.06. The van der Waals surface area contributed by atoms with E-state index in [0.29, 0.717) is 12.1 Å². The van der Waals surface area contributed by atoms with Crippen molar-refractivity contribution in [3.05, 3.63) is 0 Å². The molecule has 0 heterocycles. The Morgan fingerprint density at radius 2 is 1.92 bits per heavy atom. The first kappa shape index (κ1) is 11.0. The van der Waals surface area contributed by atoms with Crippen molar-refractivity contribution in [1.82, 2.24) is 4.90 Å². The zero-order chi connectivity index (χ0) is 9.68. The van der Waals surface area contributed by atoms with Gasteiger partial charge in [0.1, 0.15) is 0 Å². The number of nitrogens with zero attached hydrogens (tertiary/aromatic N) is 1. The van der Waals surface area contributed by atoms with Gasteiger partial charge in [0.05, 0.1) is 0 Å². The van der Waals surface area contributed by atoms with Crippen molar-refractivity contribution in [2.45, 2.75) is 57.5 Å². The average Bonchev–Trinajstić information content (AvgIpc) is 2.30. The maximum absolute atomic E-state index is 6.17. The molecule has 0 amide bonds. The van der Waals surface area contributed by atoms with E-state index in [1.165, 1.54) is 45.1 Å². The zero-order valence-electron chi connectivity index (χ0n) is 9.13. The molecule has 1 fully saturated rings. The molecule has 2 unspecified atom stereocenters. The third-order valence-electron chi connectivity index (χ3n) is 3.17. The van der Waals surface area contributed by atoms with E-state index in [1.54, 1.807) is 0 Å². The van der Waals surface area contributed by atoms with Gasteiger partial charge in [-0.1, -0.05) is 26.2 Å². The van der Waals surface area contributed by atoms with Gasteiger partial charge in [0.15, 0.2) is 0 Å². The molecule has 13 heavy (non-hydrogen) atoms. The summed E-state index contributed by atoms with van der Waals surface area (Å²) in [7, 11) is 2.22. The zero-order valence-corrected chi connectivity index (χ0v) is 9.13. The summed E-state index contributed by atoms with van der Waals surface area (Å²) in [5.74, 6) is 0. The van der Waals surface area contributed by atoms with Crippen LogP contribution in [0.5, 0.6) is 0 Å². The lowest BCUT2D eigenvalue weighted by atomic mass is 10.0. The van der Waals surface area contributed by atoms with E-state index in [2.05, 4.69) is 18.9 Å². The van der Waals surface area contributed by atoms with Gasteiger partial charge < -0.3 is 10.6 Å². The van der Waals surface area contributed by atoms with Gasteiger partial charge in [0.2, 0.25) is 0 Å². The summed E-state index contributed by atoms with van der Waals surface area (Å²) in [5.41, 5.74) is 6.17. The molecule has 0 aromatic carbocycles. The minimum atomic E-state index is 0.416. The van der Waals surface area contributed by atoms with Crippen molar-refractivity contribution in [1.29, 1.82) is 0 Å². The molecule has 2 atom stereocenters. The average molecular weight is 184 g/mol. The molecule has 0 spiro atoms. The molecular weight excluding hydrogens is 160 g/mol. The molecule has 0 saturated heterocycles. The summed E-state index contributed by atoms with van der Waals surface area (Å²) < 4.78 is 0. The van der Waals surface area contributed by atoms with Crippen LogP contribution < -0.4 is 5.73 Å². The monoisotopic (exact) mass is 184 g/mol. The van der Waals surface area contributed by atoms with Crippen LogP contribution >= 0.6 is 0 Å². The Morgan fingerprint density at radius 1 is 1.23 bits per heavy atom. The van der Waals surface area contributed by atoms with Crippen LogP contribution in [-0.4, -0.2) is 30.6 Å². The highest BCUT2D eigenvalue weighted by molar-refractivity contribution is 4.82. The fourth-order valence-corrected chi connectivity index (χ4v) is 2.38. The first-order chi connectivity index (χ1) is 6.25. The molecule has 1 rings (SSSR count). The minimum Gasteiger partial charge on any atom is -0.326 e. The summed E-state index contributed by atoms with van der Waals surface area (Å²) in [4.78, 5) is 2.45. The number of nitrogens with two attached hydrogens (primary N) is 1.